The lowest BCUT2D eigenvalue weighted by Crippen LogP contribution is -1.97. The third-order valence-electron chi connectivity index (χ3n) is 0.563. The molecule has 3 heteroatoms. The van der Waals surface area contributed by atoms with Crippen molar-refractivity contribution in [2.24, 2.45) is 5.92 Å². The van der Waals surface area contributed by atoms with Gasteiger partial charge in [0, 0.05) is 0 Å². The number of halogens is 2. The fourth-order valence-corrected chi connectivity index (χ4v) is 2.78. The molecule has 0 fully saturated rings. The Labute approximate surface area is 55.8 Å². The van der Waals surface area contributed by atoms with Crippen LogP contribution in [0.3, 0.4) is 0 Å². The van der Waals surface area contributed by atoms with Crippen molar-refractivity contribution >= 4 is 29.6 Å². The zero-order chi connectivity index (χ0) is 5.86. The predicted octanol–water partition coefficient (Wildman–Crippen LogP) is 2.61. The second-order valence-electron chi connectivity index (χ2n) is 1.94. The standard InChI is InChI=1S/C4H9Cl2Si/c1-4(2)3-7(5)6/h4H,3H2,1-2H3. The van der Waals surface area contributed by atoms with Crippen LogP contribution in [0.2, 0.25) is 6.04 Å². The Kier molecular flexibility index (Phi) is 4.18. The molecule has 0 nitrogen and oxygen atoms in total. The number of rotatable bonds is 2. The Morgan fingerprint density at radius 2 is 1.86 bits per heavy atom. The zero-order valence-electron chi connectivity index (χ0n) is 4.54. The summed E-state index contributed by atoms with van der Waals surface area (Å²) in [6, 6.07) is 0.994. The molecule has 7 heavy (non-hydrogen) atoms. The van der Waals surface area contributed by atoms with E-state index in [4.69, 9.17) is 22.2 Å². The number of hydrogen-bond acceptors (Lipinski definition) is 0. The van der Waals surface area contributed by atoms with E-state index in [1.165, 1.54) is 0 Å². The van der Waals surface area contributed by atoms with Gasteiger partial charge in [-0.1, -0.05) is 13.8 Å². The van der Waals surface area contributed by atoms with Crippen molar-refractivity contribution in [1.29, 1.82) is 0 Å². The van der Waals surface area contributed by atoms with Gasteiger partial charge in [-0.25, -0.2) is 0 Å². The van der Waals surface area contributed by atoms with Crippen LogP contribution in [0, 0.1) is 5.92 Å². The van der Waals surface area contributed by atoms with E-state index in [9.17, 15) is 0 Å². The van der Waals surface area contributed by atoms with Crippen LogP contribution in [0.25, 0.3) is 0 Å². The molecule has 0 heterocycles. The summed E-state index contributed by atoms with van der Waals surface area (Å²) < 4.78 is 0. The van der Waals surface area contributed by atoms with E-state index in [2.05, 4.69) is 13.8 Å². The molecule has 0 aromatic carbocycles. The van der Waals surface area contributed by atoms with E-state index in [1.54, 1.807) is 0 Å². The fourth-order valence-electron chi connectivity index (χ4n) is 0.309. The summed E-state index contributed by atoms with van der Waals surface area (Å²) in [4.78, 5) is 0. The van der Waals surface area contributed by atoms with Gasteiger partial charge in [0.2, 0.25) is 0 Å². The highest BCUT2D eigenvalue weighted by Crippen LogP contribution is 2.10. The van der Waals surface area contributed by atoms with Crippen LogP contribution in [0.4, 0.5) is 0 Å². The van der Waals surface area contributed by atoms with Gasteiger partial charge >= 0.3 is 0 Å². The predicted molar refractivity (Wildman–Crippen MR) is 37.1 cm³/mol. The van der Waals surface area contributed by atoms with Crippen molar-refractivity contribution in [3.63, 3.8) is 0 Å². The first-order chi connectivity index (χ1) is 3.13. The molecule has 0 aromatic heterocycles. The second-order valence-corrected chi connectivity index (χ2v) is 6.34. The van der Waals surface area contributed by atoms with Gasteiger partial charge in [-0.3, -0.25) is 0 Å². The summed E-state index contributed by atoms with van der Waals surface area (Å²) >= 11 is 11.1. The molecular formula is C4H9Cl2Si. The molecule has 43 valence electrons. The molecule has 0 aromatic rings. The van der Waals surface area contributed by atoms with Gasteiger partial charge in [0.1, 0.15) is 0 Å². The van der Waals surface area contributed by atoms with Gasteiger partial charge in [0.15, 0.2) is 0 Å². The van der Waals surface area contributed by atoms with Gasteiger partial charge in [0.25, 0.3) is 7.42 Å². The highest BCUT2D eigenvalue weighted by molar-refractivity contribution is 7.33. The molecule has 0 saturated carbocycles. The average Bonchev–Trinajstić information content (AvgIpc) is 1.27. The highest BCUT2D eigenvalue weighted by atomic mass is 35.7. The van der Waals surface area contributed by atoms with Crippen LogP contribution in [-0.4, -0.2) is 7.42 Å². The van der Waals surface area contributed by atoms with Crippen LogP contribution in [0.5, 0.6) is 0 Å². The summed E-state index contributed by atoms with van der Waals surface area (Å²) in [7, 11) is -0.990. The largest absolute Gasteiger partial charge is 0.274 e. The molecule has 0 bridgehead atoms. The van der Waals surface area contributed by atoms with Gasteiger partial charge in [-0.2, -0.15) is 0 Å². The SMILES string of the molecule is CC(C)C[Si](Cl)Cl. The minimum absolute atomic E-state index is 0.656. The van der Waals surface area contributed by atoms with Gasteiger partial charge in [0.05, 0.1) is 0 Å². The number of hydrogen-bond donors (Lipinski definition) is 0. The second kappa shape index (κ2) is 3.76. The maximum absolute atomic E-state index is 5.54. The molecule has 0 aliphatic carbocycles. The summed E-state index contributed by atoms with van der Waals surface area (Å²) in [6.45, 7) is 4.24. The Hall–Kier alpha value is 0.797. The molecule has 0 amide bonds. The first-order valence-corrected chi connectivity index (χ1v) is 6.03. The monoisotopic (exact) mass is 155 g/mol. The molecule has 0 aliphatic rings. The molecular weight excluding hydrogens is 147 g/mol. The Morgan fingerprint density at radius 3 is 1.86 bits per heavy atom. The average molecular weight is 156 g/mol. The van der Waals surface area contributed by atoms with E-state index in [1.807, 2.05) is 0 Å². The smallest absolute Gasteiger partial charge is 0.147 e. The Balaban J connectivity index is 2.95. The molecule has 0 N–H and O–H groups in total. The highest BCUT2D eigenvalue weighted by Gasteiger charge is 2.04. The third kappa shape index (κ3) is 6.80. The van der Waals surface area contributed by atoms with E-state index < -0.39 is 7.42 Å². The van der Waals surface area contributed by atoms with E-state index in [0.29, 0.717) is 5.92 Å². The first kappa shape index (κ1) is 7.80. The fraction of sp³-hybridized carbons (Fsp3) is 1.00. The molecule has 0 rings (SSSR count). The van der Waals surface area contributed by atoms with Crippen LogP contribution in [0.1, 0.15) is 13.8 Å². The van der Waals surface area contributed by atoms with Gasteiger partial charge in [-0.05, 0) is 12.0 Å². The molecule has 0 atom stereocenters. The van der Waals surface area contributed by atoms with Crippen LogP contribution in [-0.2, 0) is 0 Å². The quantitative estimate of drug-likeness (QED) is 0.425. The van der Waals surface area contributed by atoms with E-state index in [0.717, 1.165) is 6.04 Å². The molecule has 1 radical (unpaired) electrons. The van der Waals surface area contributed by atoms with Crippen molar-refractivity contribution < 1.29 is 0 Å². The lowest BCUT2D eigenvalue weighted by molar-refractivity contribution is 0.732. The van der Waals surface area contributed by atoms with Crippen LogP contribution >= 0.6 is 22.2 Å². The van der Waals surface area contributed by atoms with Crippen molar-refractivity contribution in [3.05, 3.63) is 0 Å². The Morgan fingerprint density at radius 1 is 1.43 bits per heavy atom. The molecule has 0 unspecified atom stereocenters. The van der Waals surface area contributed by atoms with Crippen molar-refractivity contribution in [2.45, 2.75) is 19.9 Å². The van der Waals surface area contributed by atoms with Crippen molar-refractivity contribution in [1.82, 2.24) is 0 Å². The van der Waals surface area contributed by atoms with E-state index in [-0.39, 0.29) is 0 Å². The Bertz CT molecular complexity index is 39.0. The first-order valence-electron chi connectivity index (χ1n) is 2.29. The third-order valence-corrected chi connectivity index (χ3v) is 2.61. The maximum Gasteiger partial charge on any atom is 0.274 e. The van der Waals surface area contributed by atoms with Crippen molar-refractivity contribution in [2.75, 3.05) is 0 Å². The van der Waals surface area contributed by atoms with Crippen LogP contribution < -0.4 is 0 Å². The minimum Gasteiger partial charge on any atom is -0.147 e. The molecule has 0 aliphatic heterocycles. The summed E-state index contributed by atoms with van der Waals surface area (Å²) in [5, 5.41) is 0. The minimum atomic E-state index is -0.990. The molecule has 0 saturated heterocycles. The lowest BCUT2D eigenvalue weighted by atomic mass is 10.3. The lowest BCUT2D eigenvalue weighted by Gasteiger charge is -1.99. The van der Waals surface area contributed by atoms with Gasteiger partial charge < -0.3 is 0 Å². The topological polar surface area (TPSA) is 0 Å². The van der Waals surface area contributed by atoms with E-state index >= 15 is 0 Å². The summed E-state index contributed by atoms with van der Waals surface area (Å²) in [5.74, 6) is 0.656. The normalized spacial score (nSPS) is 11.1. The van der Waals surface area contributed by atoms with Crippen LogP contribution in [0.15, 0.2) is 0 Å². The maximum atomic E-state index is 5.54. The zero-order valence-corrected chi connectivity index (χ0v) is 7.05. The van der Waals surface area contributed by atoms with Gasteiger partial charge in [-0.15, -0.1) is 22.2 Å². The summed E-state index contributed by atoms with van der Waals surface area (Å²) in [6.07, 6.45) is 0. The molecule has 0 spiro atoms. The van der Waals surface area contributed by atoms with Crippen molar-refractivity contribution in [3.8, 4) is 0 Å². The summed E-state index contributed by atoms with van der Waals surface area (Å²) in [5.41, 5.74) is 0.